The minimum Gasteiger partial charge on any atom is -0.255 e. The minimum atomic E-state index is 0. The normalized spacial score (nSPS) is 11.5. The predicted octanol–water partition coefficient (Wildman–Crippen LogP) is 13.5. The third kappa shape index (κ3) is 9.36. The van der Waals surface area contributed by atoms with E-state index in [1.165, 1.54) is 52.2 Å². The van der Waals surface area contributed by atoms with Crippen LogP contribution in [0.25, 0.3) is 64.1 Å². The van der Waals surface area contributed by atoms with Crippen molar-refractivity contribution in [2.75, 3.05) is 0 Å². The molecule has 1 aliphatic rings. The Morgan fingerprint density at radius 2 is 0.869 bits per heavy atom. The van der Waals surface area contributed by atoms with Gasteiger partial charge in [0.1, 0.15) is 0 Å². The fraction of sp³-hybridized carbons (Fsp3) is 0.100. The van der Waals surface area contributed by atoms with Gasteiger partial charge in [0.05, 0.1) is 45.2 Å². The molecule has 0 bridgehead atoms. The average molecular weight is 935 g/mol. The number of pyridine rings is 6. The fourth-order valence-electron chi connectivity index (χ4n) is 7.06. The van der Waals surface area contributed by atoms with Crippen LogP contribution in [-0.4, -0.2) is 35.6 Å². The quantitative estimate of drug-likeness (QED) is 0.126. The van der Waals surface area contributed by atoms with Crippen LogP contribution in [0.15, 0.2) is 157 Å². The van der Waals surface area contributed by atoms with Crippen molar-refractivity contribution in [2.24, 2.45) is 4.99 Å². The molecule has 10 heterocycles. The zero-order valence-electron chi connectivity index (χ0n) is 33.8. The molecule has 0 unspecified atom stereocenters. The first-order valence-electron chi connectivity index (χ1n) is 19.5. The molecule has 0 saturated carbocycles. The SMILES string of the molecule is Cc1ccnc(-c2cc(C)ccn2)c1.Cc1ccnc(-c2cc(C)ccn2)c1.[Ru].c1csc(-c2ccc(-c3ccc(C4=Nc5c(c6cccnc6c6ncccc56)C4)s3)s2)c1. The Hall–Kier alpha value is -5.97. The van der Waals surface area contributed by atoms with Gasteiger partial charge in [-0.3, -0.25) is 34.9 Å². The van der Waals surface area contributed by atoms with Gasteiger partial charge < -0.3 is 0 Å². The van der Waals surface area contributed by atoms with Gasteiger partial charge in [-0.1, -0.05) is 12.1 Å². The van der Waals surface area contributed by atoms with Gasteiger partial charge in [-0.2, -0.15) is 0 Å². The van der Waals surface area contributed by atoms with Gasteiger partial charge in [-0.25, -0.2) is 0 Å². The molecule has 11 rings (SSSR count). The molecule has 0 amide bonds. The Labute approximate surface area is 379 Å². The second kappa shape index (κ2) is 18.7. The summed E-state index contributed by atoms with van der Waals surface area (Å²) in [5.41, 5.74) is 13.9. The summed E-state index contributed by atoms with van der Waals surface area (Å²) >= 11 is 5.47. The molecule has 0 radical (unpaired) electrons. The molecule has 0 saturated heterocycles. The van der Waals surface area contributed by atoms with Crippen LogP contribution < -0.4 is 0 Å². The molecule has 11 heteroatoms. The minimum absolute atomic E-state index is 0. The Morgan fingerprint density at radius 1 is 0.426 bits per heavy atom. The molecule has 7 nitrogen and oxygen atoms in total. The smallest absolute Gasteiger partial charge is 0.0986 e. The van der Waals surface area contributed by atoms with E-state index in [1.807, 2.05) is 121 Å². The monoisotopic (exact) mass is 935 g/mol. The van der Waals surface area contributed by atoms with Crippen molar-refractivity contribution in [2.45, 2.75) is 34.1 Å². The van der Waals surface area contributed by atoms with Crippen LogP contribution in [0.5, 0.6) is 0 Å². The largest absolute Gasteiger partial charge is 0.255 e. The van der Waals surface area contributed by atoms with Crippen LogP contribution in [0.1, 0.15) is 32.7 Å². The molecule has 0 spiro atoms. The molecule has 300 valence electrons. The van der Waals surface area contributed by atoms with Crippen LogP contribution in [-0.2, 0) is 25.9 Å². The Bertz CT molecular complexity index is 2980. The van der Waals surface area contributed by atoms with Crippen molar-refractivity contribution in [3.63, 3.8) is 0 Å². The van der Waals surface area contributed by atoms with Crippen LogP contribution in [0, 0.1) is 27.7 Å². The van der Waals surface area contributed by atoms with E-state index in [0.29, 0.717) is 0 Å². The van der Waals surface area contributed by atoms with Gasteiger partial charge in [0.25, 0.3) is 0 Å². The van der Waals surface area contributed by atoms with E-state index in [9.17, 15) is 0 Å². The second-order valence-corrected chi connectivity index (χ2v) is 17.7. The van der Waals surface area contributed by atoms with Crippen LogP contribution in [0.2, 0.25) is 0 Å². The number of aromatic nitrogens is 6. The van der Waals surface area contributed by atoms with Gasteiger partial charge in [0, 0.05) is 98.2 Å². The third-order valence-electron chi connectivity index (χ3n) is 9.99. The molecule has 0 N–H and O–H groups in total. The van der Waals surface area contributed by atoms with E-state index < -0.39 is 0 Å². The standard InChI is InChI=1S/C26H15N3S3.2C12H12N2.Ru/c1-4-15-17-14-18(29-24(17)16-5-2-12-28-26(16)25(15)27-11-1)19-7-8-22(31-19)23-10-9-21(32-23)20-6-3-13-30-20;2*1-9-3-5-13-11(7-9)12-8-10(2)4-6-14-12;/h1-13H,14H2;2*3-8H,1-2H3;. The third-order valence-corrected chi connectivity index (χ3v) is 13.5. The van der Waals surface area contributed by atoms with Gasteiger partial charge in [-0.05, 0) is 158 Å². The zero-order chi connectivity index (χ0) is 41.0. The number of hydrogen-bond donors (Lipinski definition) is 0. The fourth-order valence-corrected chi connectivity index (χ4v) is 9.98. The Kier molecular flexibility index (Phi) is 12.8. The van der Waals surface area contributed by atoms with Gasteiger partial charge in [0.15, 0.2) is 0 Å². The number of aryl methyl sites for hydroxylation is 4. The summed E-state index contributed by atoms with van der Waals surface area (Å²) in [4.78, 5) is 38.0. The number of fused-ring (bicyclic) bond motifs is 6. The summed E-state index contributed by atoms with van der Waals surface area (Å²) in [6.07, 6.45) is 11.8. The summed E-state index contributed by atoms with van der Waals surface area (Å²) < 4.78 is 0. The summed E-state index contributed by atoms with van der Waals surface area (Å²) in [7, 11) is 0. The molecule has 0 aliphatic carbocycles. The van der Waals surface area contributed by atoms with Crippen molar-refractivity contribution in [3.05, 3.63) is 184 Å². The molecular weight excluding hydrogens is 896 g/mol. The maximum atomic E-state index is 5.12. The average Bonchev–Trinajstić information content (AvgIpc) is 4.12. The van der Waals surface area contributed by atoms with E-state index >= 15 is 0 Å². The number of benzene rings is 1. The van der Waals surface area contributed by atoms with Gasteiger partial charge in [0.2, 0.25) is 0 Å². The summed E-state index contributed by atoms with van der Waals surface area (Å²) in [6.45, 7) is 8.23. The number of thiophene rings is 3. The van der Waals surface area contributed by atoms with E-state index in [0.717, 1.165) is 62.4 Å². The summed E-state index contributed by atoms with van der Waals surface area (Å²) in [6, 6.07) is 37.6. The molecule has 10 aromatic rings. The zero-order valence-corrected chi connectivity index (χ0v) is 38.0. The molecule has 9 aromatic heterocycles. The Balaban J connectivity index is 0.000000147. The van der Waals surface area contributed by atoms with Crippen molar-refractivity contribution < 1.29 is 19.5 Å². The maximum absolute atomic E-state index is 5.12. The molecule has 0 fully saturated rings. The summed E-state index contributed by atoms with van der Waals surface area (Å²) in [5.74, 6) is 0. The molecule has 61 heavy (non-hydrogen) atoms. The van der Waals surface area contributed by atoms with Crippen molar-refractivity contribution >= 4 is 67.2 Å². The number of nitrogens with zero attached hydrogens (tertiary/aromatic N) is 7. The molecular formula is C50H39N7RuS3. The van der Waals surface area contributed by atoms with Crippen LogP contribution >= 0.6 is 34.0 Å². The number of rotatable bonds is 5. The van der Waals surface area contributed by atoms with Gasteiger partial charge in [-0.15, -0.1) is 34.0 Å². The maximum Gasteiger partial charge on any atom is 0.0986 e. The van der Waals surface area contributed by atoms with Crippen molar-refractivity contribution in [1.82, 2.24) is 29.9 Å². The summed E-state index contributed by atoms with van der Waals surface area (Å²) in [5, 5.41) is 4.37. The van der Waals surface area contributed by atoms with E-state index in [4.69, 9.17) is 4.99 Å². The van der Waals surface area contributed by atoms with Crippen molar-refractivity contribution in [3.8, 4) is 42.3 Å². The van der Waals surface area contributed by atoms with Gasteiger partial charge >= 0.3 is 0 Å². The van der Waals surface area contributed by atoms with Crippen LogP contribution in [0.4, 0.5) is 5.69 Å². The van der Waals surface area contributed by atoms with Crippen molar-refractivity contribution in [1.29, 1.82) is 0 Å². The number of hydrogen-bond acceptors (Lipinski definition) is 10. The molecule has 1 aromatic carbocycles. The van der Waals surface area contributed by atoms with E-state index in [1.54, 1.807) is 11.3 Å². The predicted molar refractivity (Wildman–Crippen MR) is 252 cm³/mol. The first-order valence-corrected chi connectivity index (χ1v) is 22.0. The number of aliphatic imine (C=N–C) groups is 1. The first kappa shape index (κ1) is 41.8. The topological polar surface area (TPSA) is 89.7 Å². The van der Waals surface area contributed by atoms with E-state index in [-0.39, 0.29) is 19.5 Å². The van der Waals surface area contributed by atoms with E-state index in [2.05, 4.69) is 112 Å². The second-order valence-electron chi connectivity index (χ2n) is 14.5. The first-order chi connectivity index (χ1) is 29.4. The Morgan fingerprint density at radius 3 is 1.34 bits per heavy atom. The molecule has 1 aliphatic heterocycles. The molecule has 0 atom stereocenters. The van der Waals surface area contributed by atoms with Crippen LogP contribution in [0.3, 0.4) is 0 Å².